The van der Waals surface area contributed by atoms with Crippen LogP contribution in [-0.2, 0) is 16.6 Å². The summed E-state index contributed by atoms with van der Waals surface area (Å²) in [6, 6.07) is 6.62. The molecule has 16 heavy (non-hydrogen) atoms. The fourth-order valence-corrected chi connectivity index (χ4v) is 2.45. The fourth-order valence-electron chi connectivity index (χ4n) is 1.29. The maximum absolute atomic E-state index is 11.8. The summed E-state index contributed by atoms with van der Waals surface area (Å²) in [5.74, 6) is -0.521. The molecule has 2 atom stereocenters. The van der Waals surface area contributed by atoms with Gasteiger partial charge in [-0.2, -0.15) is 0 Å². The maximum Gasteiger partial charge on any atom is 0.335 e. The molecule has 4 heteroatoms. The largest absolute Gasteiger partial charge is 0.478 e. The molecule has 0 fully saturated rings. The molecule has 0 amide bonds. The molecule has 0 aliphatic rings. The van der Waals surface area contributed by atoms with Crippen molar-refractivity contribution in [3.63, 3.8) is 0 Å². The minimum Gasteiger partial charge on any atom is -0.478 e. The highest BCUT2D eigenvalue weighted by atomic mass is 32.2. The first-order valence-electron chi connectivity index (χ1n) is 5.24. The van der Waals surface area contributed by atoms with Crippen LogP contribution < -0.4 is 0 Å². The molecule has 0 bridgehead atoms. The van der Waals surface area contributed by atoms with E-state index in [0.29, 0.717) is 5.75 Å². The third-order valence-corrected chi connectivity index (χ3v) is 4.36. The van der Waals surface area contributed by atoms with E-state index in [9.17, 15) is 9.00 Å². The lowest BCUT2D eigenvalue weighted by atomic mass is 10.1. The lowest BCUT2D eigenvalue weighted by Gasteiger charge is -2.08. The molecule has 0 radical (unpaired) electrons. The molecular weight excluding hydrogens is 224 g/mol. The monoisotopic (exact) mass is 240 g/mol. The Morgan fingerprint density at radius 1 is 1.50 bits per heavy atom. The van der Waals surface area contributed by atoms with E-state index in [1.54, 1.807) is 12.1 Å². The average molecular weight is 240 g/mol. The van der Waals surface area contributed by atoms with E-state index < -0.39 is 16.8 Å². The van der Waals surface area contributed by atoms with Crippen molar-refractivity contribution in [1.82, 2.24) is 0 Å². The van der Waals surface area contributed by atoms with Gasteiger partial charge in [-0.1, -0.05) is 26.0 Å². The molecule has 0 aromatic heterocycles. The van der Waals surface area contributed by atoms with Gasteiger partial charge >= 0.3 is 5.97 Å². The Morgan fingerprint density at radius 3 is 2.75 bits per heavy atom. The van der Waals surface area contributed by atoms with E-state index in [2.05, 4.69) is 0 Å². The SMILES string of the molecule is CCC(C)S(=O)Cc1cccc(C(=O)O)c1. The van der Waals surface area contributed by atoms with Crippen molar-refractivity contribution >= 4 is 16.8 Å². The number of hydrogen-bond donors (Lipinski definition) is 1. The van der Waals surface area contributed by atoms with E-state index >= 15 is 0 Å². The third-order valence-electron chi connectivity index (χ3n) is 2.51. The minimum absolute atomic E-state index is 0.147. The molecule has 0 spiro atoms. The Hall–Kier alpha value is -1.16. The standard InChI is InChI=1S/C12H16O3S/c1-3-9(2)16(15)8-10-5-4-6-11(7-10)12(13)14/h4-7,9H,3,8H2,1-2H3,(H,13,14). The van der Waals surface area contributed by atoms with Crippen molar-refractivity contribution in [2.45, 2.75) is 31.3 Å². The molecule has 1 N–H and O–H groups in total. The van der Waals surface area contributed by atoms with E-state index in [4.69, 9.17) is 5.11 Å². The molecule has 0 heterocycles. The van der Waals surface area contributed by atoms with Crippen LogP contribution in [0.1, 0.15) is 36.2 Å². The van der Waals surface area contributed by atoms with Gasteiger partial charge in [0, 0.05) is 21.8 Å². The lowest BCUT2D eigenvalue weighted by molar-refractivity contribution is 0.0697. The molecule has 88 valence electrons. The summed E-state index contributed by atoms with van der Waals surface area (Å²) in [6.07, 6.45) is 0.866. The highest BCUT2D eigenvalue weighted by Gasteiger charge is 2.10. The summed E-state index contributed by atoms with van der Waals surface area (Å²) in [5.41, 5.74) is 1.07. The molecule has 2 unspecified atom stereocenters. The first-order valence-corrected chi connectivity index (χ1v) is 6.62. The number of carboxylic acid groups (broad SMARTS) is 1. The quantitative estimate of drug-likeness (QED) is 0.860. The van der Waals surface area contributed by atoms with Crippen LogP contribution >= 0.6 is 0 Å². The van der Waals surface area contributed by atoms with E-state index in [1.165, 1.54) is 6.07 Å². The number of carbonyl (C=O) groups is 1. The zero-order chi connectivity index (χ0) is 12.1. The summed E-state index contributed by atoms with van der Waals surface area (Å²) >= 11 is 0. The smallest absolute Gasteiger partial charge is 0.335 e. The van der Waals surface area contributed by atoms with Crippen LogP contribution in [0.2, 0.25) is 0 Å². The van der Waals surface area contributed by atoms with Crippen molar-refractivity contribution in [3.05, 3.63) is 35.4 Å². The number of rotatable bonds is 5. The van der Waals surface area contributed by atoms with Gasteiger partial charge in [-0.15, -0.1) is 0 Å². The Bertz CT molecular complexity index is 401. The normalized spacial score (nSPS) is 14.4. The Kier molecular flexibility index (Phi) is 4.68. The molecular formula is C12H16O3S. The predicted octanol–water partition coefficient (Wildman–Crippen LogP) is 2.43. The molecule has 1 aromatic carbocycles. The zero-order valence-corrected chi connectivity index (χ0v) is 10.3. The first kappa shape index (κ1) is 12.9. The number of hydrogen-bond acceptors (Lipinski definition) is 2. The van der Waals surface area contributed by atoms with Crippen molar-refractivity contribution < 1.29 is 14.1 Å². The Balaban J connectivity index is 2.78. The maximum atomic E-state index is 11.8. The topological polar surface area (TPSA) is 54.4 Å². The predicted molar refractivity (Wildman–Crippen MR) is 65.0 cm³/mol. The molecule has 0 aliphatic carbocycles. The van der Waals surface area contributed by atoms with Gasteiger partial charge in [0.1, 0.15) is 0 Å². The second kappa shape index (κ2) is 5.80. The van der Waals surface area contributed by atoms with Crippen molar-refractivity contribution in [2.24, 2.45) is 0 Å². The van der Waals surface area contributed by atoms with Gasteiger partial charge in [-0.3, -0.25) is 4.21 Å². The van der Waals surface area contributed by atoms with E-state index in [0.717, 1.165) is 12.0 Å². The summed E-state index contributed by atoms with van der Waals surface area (Å²) in [6.45, 7) is 3.94. The molecule has 1 aromatic rings. The second-order valence-corrected chi connectivity index (χ2v) is 5.60. The molecule has 3 nitrogen and oxygen atoms in total. The van der Waals surface area contributed by atoms with Gasteiger partial charge in [0.25, 0.3) is 0 Å². The van der Waals surface area contributed by atoms with Crippen LogP contribution in [0.5, 0.6) is 0 Å². The highest BCUT2D eigenvalue weighted by Crippen LogP contribution is 2.11. The zero-order valence-electron chi connectivity index (χ0n) is 9.47. The van der Waals surface area contributed by atoms with Crippen LogP contribution in [0.4, 0.5) is 0 Å². The lowest BCUT2D eigenvalue weighted by Crippen LogP contribution is -2.11. The summed E-state index contributed by atoms with van der Waals surface area (Å²) < 4.78 is 11.8. The van der Waals surface area contributed by atoms with Crippen LogP contribution in [-0.4, -0.2) is 20.5 Å². The molecule has 0 aliphatic heterocycles. The summed E-state index contributed by atoms with van der Waals surface area (Å²) in [5, 5.41) is 8.97. The Morgan fingerprint density at radius 2 is 2.19 bits per heavy atom. The van der Waals surface area contributed by atoms with Gasteiger partial charge in [0.05, 0.1) is 5.56 Å². The van der Waals surface area contributed by atoms with Gasteiger partial charge in [-0.05, 0) is 24.1 Å². The third kappa shape index (κ3) is 3.45. The minimum atomic E-state index is -0.948. The molecule has 0 saturated carbocycles. The van der Waals surface area contributed by atoms with Crippen LogP contribution in [0.3, 0.4) is 0 Å². The van der Waals surface area contributed by atoms with Crippen molar-refractivity contribution in [1.29, 1.82) is 0 Å². The summed E-state index contributed by atoms with van der Waals surface area (Å²) in [4.78, 5) is 10.8. The van der Waals surface area contributed by atoms with Crippen molar-refractivity contribution in [2.75, 3.05) is 0 Å². The number of benzene rings is 1. The van der Waals surface area contributed by atoms with E-state index in [1.807, 2.05) is 19.9 Å². The average Bonchev–Trinajstić information content (AvgIpc) is 2.28. The van der Waals surface area contributed by atoms with Gasteiger partial charge in [0.2, 0.25) is 0 Å². The molecule has 1 rings (SSSR count). The van der Waals surface area contributed by atoms with Gasteiger partial charge < -0.3 is 5.11 Å². The number of aromatic carboxylic acids is 1. The summed E-state index contributed by atoms with van der Waals surface area (Å²) in [7, 11) is -0.930. The van der Waals surface area contributed by atoms with Gasteiger partial charge in [0.15, 0.2) is 0 Å². The van der Waals surface area contributed by atoms with Gasteiger partial charge in [-0.25, -0.2) is 4.79 Å². The van der Waals surface area contributed by atoms with E-state index in [-0.39, 0.29) is 10.8 Å². The van der Waals surface area contributed by atoms with Crippen LogP contribution in [0, 0.1) is 0 Å². The highest BCUT2D eigenvalue weighted by molar-refractivity contribution is 7.84. The van der Waals surface area contributed by atoms with Crippen molar-refractivity contribution in [3.8, 4) is 0 Å². The van der Waals surface area contributed by atoms with Crippen LogP contribution in [0.25, 0.3) is 0 Å². The second-order valence-electron chi connectivity index (χ2n) is 3.75. The number of carboxylic acids is 1. The first-order chi connectivity index (χ1) is 7.54. The van der Waals surface area contributed by atoms with Crippen LogP contribution in [0.15, 0.2) is 24.3 Å². The fraction of sp³-hybridized carbons (Fsp3) is 0.417. The molecule has 0 saturated heterocycles. The Labute approximate surface area is 98.0 Å².